The predicted octanol–water partition coefficient (Wildman–Crippen LogP) is 4.35. The van der Waals surface area contributed by atoms with E-state index in [2.05, 4.69) is 23.6 Å². The summed E-state index contributed by atoms with van der Waals surface area (Å²) < 4.78 is 1.18. The van der Waals surface area contributed by atoms with Gasteiger partial charge in [0.15, 0.2) is 6.67 Å². The van der Waals surface area contributed by atoms with E-state index in [4.69, 9.17) is 0 Å². The van der Waals surface area contributed by atoms with E-state index in [1.54, 1.807) is 0 Å². The standard InChI is InChI=1S/C26H51N2OS.ClH/c1-2-3-4-5-6-7-8-9-10-11-12-13-14-15-16-17-21-28(22-23-30-25-28)24-27-20-18-19-26(27)29;/h2-25H2,1H3;1H/q+1;/p-1. The molecule has 1 unspecified atom stereocenters. The lowest BCUT2D eigenvalue weighted by Crippen LogP contribution is -3.00. The third-order valence-electron chi connectivity index (χ3n) is 7.20. The number of carbonyl (C=O) groups excluding carboxylic acids is 1. The smallest absolute Gasteiger partial charge is 0.226 e. The van der Waals surface area contributed by atoms with Gasteiger partial charge >= 0.3 is 0 Å². The zero-order valence-electron chi connectivity index (χ0n) is 20.6. The monoisotopic (exact) mass is 474 g/mol. The summed E-state index contributed by atoms with van der Waals surface area (Å²) in [6.07, 6.45) is 24.8. The molecular formula is C26H51ClN2OS. The van der Waals surface area contributed by atoms with E-state index in [1.165, 1.54) is 132 Å². The van der Waals surface area contributed by atoms with Crippen molar-refractivity contribution < 1.29 is 21.7 Å². The van der Waals surface area contributed by atoms with Crippen molar-refractivity contribution in [3.05, 3.63) is 0 Å². The van der Waals surface area contributed by atoms with Gasteiger partial charge in [0.05, 0.1) is 13.1 Å². The third-order valence-corrected chi connectivity index (χ3v) is 8.40. The average Bonchev–Trinajstić information content (AvgIpc) is 3.37. The van der Waals surface area contributed by atoms with Crippen molar-refractivity contribution in [1.29, 1.82) is 0 Å². The summed E-state index contributed by atoms with van der Waals surface area (Å²) in [7, 11) is 0. The van der Waals surface area contributed by atoms with Crippen molar-refractivity contribution >= 4 is 17.7 Å². The Labute approximate surface area is 204 Å². The minimum absolute atomic E-state index is 0. The highest BCUT2D eigenvalue weighted by Gasteiger charge is 2.36. The molecular weight excluding hydrogens is 424 g/mol. The van der Waals surface area contributed by atoms with Gasteiger partial charge in [0.2, 0.25) is 5.91 Å². The number of thioether (sulfide) groups is 1. The van der Waals surface area contributed by atoms with Crippen LogP contribution in [0, 0.1) is 0 Å². The van der Waals surface area contributed by atoms with Gasteiger partial charge in [-0.2, -0.15) is 0 Å². The fraction of sp³-hybridized carbons (Fsp3) is 0.962. The number of amides is 1. The fourth-order valence-corrected chi connectivity index (χ4v) is 6.52. The second kappa shape index (κ2) is 18.5. The van der Waals surface area contributed by atoms with Gasteiger partial charge in [-0.15, -0.1) is 0 Å². The van der Waals surface area contributed by atoms with E-state index in [9.17, 15) is 4.79 Å². The van der Waals surface area contributed by atoms with E-state index in [1.807, 2.05) is 0 Å². The zero-order chi connectivity index (χ0) is 21.3. The highest BCUT2D eigenvalue weighted by Crippen LogP contribution is 2.27. The van der Waals surface area contributed by atoms with E-state index < -0.39 is 0 Å². The van der Waals surface area contributed by atoms with Crippen LogP contribution in [0.5, 0.6) is 0 Å². The molecule has 2 saturated heterocycles. The average molecular weight is 475 g/mol. The lowest BCUT2D eigenvalue weighted by Gasteiger charge is -2.36. The van der Waals surface area contributed by atoms with Crippen molar-refractivity contribution in [2.45, 2.75) is 122 Å². The van der Waals surface area contributed by atoms with Crippen LogP contribution in [0.1, 0.15) is 122 Å². The molecule has 0 bridgehead atoms. The van der Waals surface area contributed by atoms with Gasteiger partial charge in [0, 0.05) is 18.7 Å². The summed E-state index contributed by atoms with van der Waals surface area (Å²) in [6.45, 7) is 6.85. The van der Waals surface area contributed by atoms with Gasteiger partial charge in [-0.25, -0.2) is 0 Å². The maximum absolute atomic E-state index is 12.0. The minimum Gasteiger partial charge on any atom is -1.00 e. The number of hydrogen-bond acceptors (Lipinski definition) is 2. The predicted molar refractivity (Wildman–Crippen MR) is 133 cm³/mol. The van der Waals surface area contributed by atoms with Gasteiger partial charge in [0.1, 0.15) is 5.88 Å². The van der Waals surface area contributed by atoms with Gasteiger partial charge in [-0.05, 0) is 19.3 Å². The second-order valence-corrected chi connectivity index (χ2v) is 11.1. The lowest BCUT2D eigenvalue weighted by molar-refractivity contribution is -0.918. The first-order valence-electron chi connectivity index (χ1n) is 13.5. The molecule has 2 aliphatic heterocycles. The van der Waals surface area contributed by atoms with Gasteiger partial charge in [0.25, 0.3) is 0 Å². The highest BCUT2D eigenvalue weighted by atomic mass is 35.5. The largest absolute Gasteiger partial charge is 1.00 e. The van der Waals surface area contributed by atoms with Crippen LogP contribution in [-0.4, -0.2) is 53.2 Å². The number of likely N-dealkylation sites (tertiary alicyclic amines) is 1. The van der Waals surface area contributed by atoms with E-state index in [0.29, 0.717) is 5.91 Å². The molecule has 0 aromatic rings. The second-order valence-electron chi connectivity index (χ2n) is 10.0. The zero-order valence-corrected chi connectivity index (χ0v) is 22.1. The first-order chi connectivity index (χ1) is 14.8. The summed E-state index contributed by atoms with van der Waals surface area (Å²) in [4.78, 5) is 14.2. The highest BCUT2D eigenvalue weighted by molar-refractivity contribution is 7.99. The molecule has 0 aliphatic carbocycles. The molecule has 0 aromatic carbocycles. The molecule has 1 amide bonds. The molecule has 3 nitrogen and oxygen atoms in total. The van der Waals surface area contributed by atoms with E-state index in [0.717, 1.165) is 26.1 Å². The van der Waals surface area contributed by atoms with Gasteiger partial charge in [-0.3, -0.25) is 14.2 Å². The van der Waals surface area contributed by atoms with Crippen LogP contribution < -0.4 is 12.4 Å². The Bertz CT molecular complexity index is 443. The van der Waals surface area contributed by atoms with Crippen molar-refractivity contribution in [3.8, 4) is 0 Å². The topological polar surface area (TPSA) is 20.3 Å². The minimum atomic E-state index is 0. The van der Waals surface area contributed by atoms with Crippen LogP contribution in [0.2, 0.25) is 0 Å². The molecule has 2 fully saturated rings. The van der Waals surface area contributed by atoms with Crippen LogP contribution in [0.15, 0.2) is 0 Å². The Morgan fingerprint density at radius 2 is 1.32 bits per heavy atom. The maximum atomic E-state index is 12.0. The Balaban J connectivity index is 0.00000480. The van der Waals surface area contributed by atoms with Crippen LogP contribution >= 0.6 is 11.8 Å². The van der Waals surface area contributed by atoms with Crippen molar-refractivity contribution in [2.24, 2.45) is 0 Å². The molecule has 0 radical (unpaired) electrons. The number of hydrogen-bond donors (Lipinski definition) is 0. The summed E-state index contributed by atoms with van der Waals surface area (Å²) in [6, 6.07) is 0. The Morgan fingerprint density at radius 3 is 1.74 bits per heavy atom. The first-order valence-corrected chi connectivity index (χ1v) is 14.6. The van der Waals surface area contributed by atoms with Gasteiger partial charge in [-0.1, -0.05) is 109 Å². The Hall–Kier alpha value is 0.0700. The molecule has 2 aliphatic rings. The van der Waals surface area contributed by atoms with Crippen LogP contribution in [0.25, 0.3) is 0 Å². The van der Waals surface area contributed by atoms with Crippen LogP contribution in [0.3, 0.4) is 0 Å². The number of rotatable bonds is 19. The number of nitrogens with zero attached hydrogens (tertiary/aromatic N) is 2. The lowest BCUT2D eigenvalue weighted by atomic mass is 10.0. The van der Waals surface area contributed by atoms with Crippen LogP contribution in [-0.2, 0) is 4.79 Å². The summed E-state index contributed by atoms with van der Waals surface area (Å²) >= 11 is 2.09. The summed E-state index contributed by atoms with van der Waals surface area (Å²) in [5.74, 6) is 2.90. The number of carbonyl (C=O) groups is 1. The fourth-order valence-electron chi connectivity index (χ4n) is 5.15. The van der Waals surface area contributed by atoms with Crippen molar-refractivity contribution in [2.75, 3.05) is 37.9 Å². The molecule has 31 heavy (non-hydrogen) atoms. The summed E-state index contributed by atoms with van der Waals surface area (Å²) in [5, 5.41) is 0. The normalized spacial score (nSPS) is 21.1. The quantitative estimate of drug-likeness (QED) is 0.205. The molecule has 2 heterocycles. The van der Waals surface area contributed by atoms with E-state index in [-0.39, 0.29) is 12.4 Å². The van der Waals surface area contributed by atoms with Crippen molar-refractivity contribution in [1.82, 2.24) is 4.90 Å². The number of unbranched alkanes of at least 4 members (excludes halogenated alkanes) is 15. The molecule has 0 spiro atoms. The molecule has 0 N–H and O–H groups in total. The maximum Gasteiger partial charge on any atom is 0.226 e. The first kappa shape index (κ1) is 29.1. The molecule has 5 heteroatoms. The Morgan fingerprint density at radius 1 is 0.806 bits per heavy atom. The molecule has 2 rings (SSSR count). The van der Waals surface area contributed by atoms with Gasteiger partial charge < -0.3 is 12.4 Å². The number of quaternary nitrogens is 1. The molecule has 0 saturated carbocycles. The molecule has 0 aromatic heterocycles. The summed E-state index contributed by atoms with van der Waals surface area (Å²) in [5.41, 5.74) is 0. The Kier molecular flexibility index (Phi) is 17.4. The molecule has 1 atom stereocenters. The van der Waals surface area contributed by atoms with E-state index >= 15 is 0 Å². The SMILES string of the molecule is CCCCCCCCCCCCCCCCCC[N+]1(CN2CCCC2=O)CCSC1.[Cl-]. The van der Waals surface area contributed by atoms with Crippen LogP contribution in [0.4, 0.5) is 0 Å². The number of halogens is 1. The van der Waals surface area contributed by atoms with Crippen molar-refractivity contribution in [3.63, 3.8) is 0 Å². The third kappa shape index (κ3) is 12.8. The molecule has 184 valence electrons.